The van der Waals surface area contributed by atoms with Gasteiger partial charge in [0.25, 0.3) is 0 Å². The zero-order valence-electron chi connectivity index (χ0n) is 6.05. The fraction of sp³-hybridized carbons (Fsp3) is 1.00. The number of rotatable bonds is 0. The van der Waals surface area contributed by atoms with E-state index in [0.29, 0.717) is 0 Å². The van der Waals surface area contributed by atoms with E-state index in [4.69, 9.17) is 0 Å². The first-order valence-electron chi connectivity index (χ1n) is 3.25. The minimum atomic E-state index is -5.01. The number of hydrogen-bond acceptors (Lipinski definition) is 2. The van der Waals surface area contributed by atoms with Crippen LogP contribution in [0.4, 0.5) is 22.0 Å². The standard InChI is InChI=1S/C5H5F5O2S/c6-3-1-2(5(8,9)10)4(7)13(3,11)12/h2-4H,1H2. The maximum atomic E-state index is 12.6. The van der Waals surface area contributed by atoms with E-state index in [1.807, 2.05) is 0 Å². The van der Waals surface area contributed by atoms with E-state index in [0.717, 1.165) is 0 Å². The van der Waals surface area contributed by atoms with E-state index in [2.05, 4.69) is 0 Å². The van der Waals surface area contributed by atoms with Crippen LogP contribution in [-0.2, 0) is 9.84 Å². The van der Waals surface area contributed by atoms with Crippen LogP contribution in [0.5, 0.6) is 0 Å². The van der Waals surface area contributed by atoms with Gasteiger partial charge in [0.2, 0.25) is 20.8 Å². The highest BCUT2D eigenvalue weighted by atomic mass is 32.2. The van der Waals surface area contributed by atoms with E-state index < -0.39 is 39.4 Å². The first-order chi connectivity index (χ1) is 5.67. The lowest BCUT2D eigenvalue weighted by Gasteiger charge is -2.14. The Kier molecular flexibility index (Phi) is 2.29. The highest BCUT2D eigenvalue weighted by Crippen LogP contribution is 2.43. The van der Waals surface area contributed by atoms with E-state index in [-0.39, 0.29) is 0 Å². The Morgan fingerprint density at radius 1 is 1.15 bits per heavy atom. The van der Waals surface area contributed by atoms with Gasteiger partial charge in [-0.3, -0.25) is 0 Å². The second-order valence-corrected chi connectivity index (χ2v) is 4.87. The minimum absolute atomic E-state index is 1.34. The normalized spacial score (nSPS) is 39.3. The maximum Gasteiger partial charge on any atom is 0.395 e. The summed E-state index contributed by atoms with van der Waals surface area (Å²) in [6.45, 7) is 0. The lowest BCUT2D eigenvalue weighted by molar-refractivity contribution is -0.182. The topological polar surface area (TPSA) is 34.1 Å². The highest BCUT2D eigenvalue weighted by molar-refractivity contribution is 7.92. The van der Waals surface area contributed by atoms with Crippen LogP contribution >= 0.6 is 0 Å². The number of hydrogen-bond donors (Lipinski definition) is 0. The van der Waals surface area contributed by atoms with Crippen molar-refractivity contribution in [3.8, 4) is 0 Å². The molecule has 3 atom stereocenters. The third-order valence-electron chi connectivity index (χ3n) is 1.85. The number of alkyl halides is 5. The van der Waals surface area contributed by atoms with Crippen molar-refractivity contribution in [1.82, 2.24) is 0 Å². The maximum absolute atomic E-state index is 12.6. The van der Waals surface area contributed by atoms with Crippen LogP contribution in [-0.4, -0.2) is 25.6 Å². The average molecular weight is 224 g/mol. The van der Waals surface area contributed by atoms with Gasteiger partial charge in [-0.25, -0.2) is 17.2 Å². The van der Waals surface area contributed by atoms with Gasteiger partial charge in [-0.1, -0.05) is 0 Å². The van der Waals surface area contributed by atoms with Gasteiger partial charge < -0.3 is 0 Å². The molecule has 13 heavy (non-hydrogen) atoms. The molecule has 0 spiro atoms. The van der Waals surface area contributed by atoms with Gasteiger partial charge in [-0.15, -0.1) is 0 Å². The fourth-order valence-electron chi connectivity index (χ4n) is 1.09. The molecule has 0 aromatic carbocycles. The summed E-state index contributed by atoms with van der Waals surface area (Å²) in [5.41, 5.74) is -5.91. The molecule has 1 heterocycles. The van der Waals surface area contributed by atoms with Gasteiger partial charge in [0, 0.05) is 6.42 Å². The molecule has 8 heteroatoms. The van der Waals surface area contributed by atoms with Gasteiger partial charge in [-0.2, -0.15) is 13.2 Å². The summed E-state index contributed by atoms with van der Waals surface area (Å²) < 4.78 is 81.5. The van der Waals surface area contributed by atoms with Crippen molar-refractivity contribution < 1.29 is 30.4 Å². The lowest BCUT2D eigenvalue weighted by Crippen LogP contribution is -2.29. The molecule has 2 nitrogen and oxygen atoms in total. The van der Waals surface area contributed by atoms with Crippen molar-refractivity contribution in [2.24, 2.45) is 5.92 Å². The van der Waals surface area contributed by atoms with Crippen molar-refractivity contribution in [1.29, 1.82) is 0 Å². The Balaban J connectivity index is 3.00. The molecule has 1 fully saturated rings. The molecule has 0 radical (unpaired) electrons. The first kappa shape index (κ1) is 10.7. The fourth-order valence-corrected chi connectivity index (χ4v) is 2.57. The van der Waals surface area contributed by atoms with Crippen LogP contribution in [0.1, 0.15) is 6.42 Å². The summed E-state index contributed by atoms with van der Waals surface area (Å²) in [5.74, 6) is -2.73. The van der Waals surface area contributed by atoms with Gasteiger partial charge in [0.05, 0.1) is 0 Å². The van der Waals surface area contributed by atoms with Crippen LogP contribution in [0.2, 0.25) is 0 Å². The second kappa shape index (κ2) is 2.79. The van der Waals surface area contributed by atoms with E-state index in [9.17, 15) is 30.4 Å². The molecular weight excluding hydrogens is 219 g/mol. The SMILES string of the molecule is O=S1(=O)C(F)CC(C(F)(F)F)C1F. The quantitative estimate of drug-likeness (QED) is 0.585. The first-order valence-corrected chi connectivity index (χ1v) is 4.86. The molecule has 1 rings (SSSR count). The third-order valence-corrected chi connectivity index (χ3v) is 3.71. The molecule has 0 amide bonds. The van der Waals surface area contributed by atoms with Crippen molar-refractivity contribution in [2.45, 2.75) is 23.6 Å². The zero-order valence-corrected chi connectivity index (χ0v) is 6.87. The lowest BCUT2D eigenvalue weighted by atomic mass is 10.1. The Labute approximate surface area is 70.6 Å². The van der Waals surface area contributed by atoms with Crippen LogP contribution in [0, 0.1) is 5.92 Å². The Hall–Kier alpha value is -0.400. The molecule has 0 N–H and O–H groups in total. The largest absolute Gasteiger partial charge is 0.395 e. The molecule has 1 aliphatic heterocycles. The van der Waals surface area contributed by atoms with Gasteiger partial charge >= 0.3 is 6.18 Å². The second-order valence-electron chi connectivity index (χ2n) is 2.73. The molecule has 1 saturated heterocycles. The summed E-state index contributed by atoms with van der Waals surface area (Å²) in [7, 11) is -4.89. The molecule has 3 unspecified atom stereocenters. The van der Waals surface area contributed by atoms with Gasteiger partial charge in [0.15, 0.2) is 0 Å². The van der Waals surface area contributed by atoms with Crippen LogP contribution in [0.15, 0.2) is 0 Å². The predicted octanol–water partition coefficient (Wildman–Crippen LogP) is 1.57. The Bertz CT molecular complexity index is 295. The molecule has 0 aromatic rings. The van der Waals surface area contributed by atoms with E-state index >= 15 is 0 Å². The Morgan fingerprint density at radius 3 is 1.77 bits per heavy atom. The van der Waals surface area contributed by atoms with Gasteiger partial charge in [0.1, 0.15) is 5.92 Å². The van der Waals surface area contributed by atoms with Crippen LogP contribution < -0.4 is 0 Å². The third kappa shape index (κ3) is 1.63. The summed E-state index contributed by atoms with van der Waals surface area (Å²) in [6.07, 6.45) is -6.35. The number of sulfone groups is 1. The summed E-state index contributed by atoms with van der Waals surface area (Å²) in [5, 5.41) is 0. The van der Waals surface area contributed by atoms with Crippen molar-refractivity contribution in [3.05, 3.63) is 0 Å². The summed E-state index contributed by atoms with van der Waals surface area (Å²) in [4.78, 5) is 0. The summed E-state index contributed by atoms with van der Waals surface area (Å²) in [6, 6.07) is 0. The minimum Gasteiger partial charge on any atom is -0.230 e. The zero-order chi connectivity index (χ0) is 10.4. The van der Waals surface area contributed by atoms with Crippen molar-refractivity contribution in [3.63, 3.8) is 0 Å². The smallest absolute Gasteiger partial charge is 0.230 e. The Morgan fingerprint density at radius 2 is 1.62 bits per heavy atom. The van der Waals surface area contributed by atoms with Gasteiger partial charge in [-0.05, 0) is 0 Å². The molecule has 0 aromatic heterocycles. The van der Waals surface area contributed by atoms with E-state index in [1.165, 1.54) is 0 Å². The molecule has 1 aliphatic rings. The van der Waals surface area contributed by atoms with E-state index in [1.54, 1.807) is 0 Å². The monoisotopic (exact) mass is 224 g/mol. The predicted molar refractivity (Wildman–Crippen MR) is 32.9 cm³/mol. The molecule has 0 aliphatic carbocycles. The molecule has 78 valence electrons. The average Bonchev–Trinajstić information content (AvgIpc) is 2.12. The molecule has 0 bridgehead atoms. The molecule has 0 saturated carbocycles. The number of halogens is 5. The highest BCUT2D eigenvalue weighted by Gasteiger charge is 2.59. The van der Waals surface area contributed by atoms with Crippen molar-refractivity contribution >= 4 is 9.84 Å². The van der Waals surface area contributed by atoms with Crippen molar-refractivity contribution in [2.75, 3.05) is 0 Å². The van der Waals surface area contributed by atoms with Crippen LogP contribution in [0.25, 0.3) is 0 Å². The molecular formula is C5H5F5O2S. The summed E-state index contributed by atoms with van der Waals surface area (Å²) >= 11 is 0. The van der Waals surface area contributed by atoms with Crippen LogP contribution in [0.3, 0.4) is 0 Å².